The summed E-state index contributed by atoms with van der Waals surface area (Å²) in [4.78, 5) is 26.6. The Morgan fingerprint density at radius 1 is 1.14 bits per heavy atom. The number of amides is 1. The smallest absolute Gasteiger partial charge is 0.309 e. The lowest BCUT2D eigenvalue weighted by atomic mass is 9.96. The SMILES string of the molecule is CCOC(=O)C1CCN([C@H](C)C(=O)Nc2ccc(S(=O)(=O)NC(C)C)cc2)CC1. The fourth-order valence-electron chi connectivity index (χ4n) is 3.29. The Kier molecular flexibility index (Phi) is 8.18. The lowest BCUT2D eigenvalue weighted by Gasteiger charge is -2.34. The summed E-state index contributed by atoms with van der Waals surface area (Å²) in [5, 5.41) is 2.83. The molecule has 0 aliphatic carbocycles. The maximum Gasteiger partial charge on any atom is 0.309 e. The summed E-state index contributed by atoms with van der Waals surface area (Å²) >= 11 is 0. The van der Waals surface area contributed by atoms with E-state index in [1.54, 1.807) is 32.9 Å². The van der Waals surface area contributed by atoms with Gasteiger partial charge in [-0.1, -0.05) is 0 Å². The number of carbonyl (C=O) groups is 2. The van der Waals surface area contributed by atoms with Gasteiger partial charge in [-0.05, 0) is 77.9 Å². The molecule has 0 aromatic heterocycles. The van der Waals surface area contributed by atoms with Crippen LogP contribution in [0.3, 0.4) is 0 Å². The highest BCUT2D eigenvalue weighted by Gasteiger charge is 2.30. The first-order valence-electron chi connectivity index (χ1n) is 9.98. The van der Waals surface area contributed by atoms with E-state index in [0.29, 0.717) is 38.2 Å². The monoisotopic (exact) mass is 425 g/mol. The number of esters is 1. The van der Waals surface area contributed by atoms with Gasteiger partial charge in [-0.15, -0.1) is 0 Å². The molecule has 1 aromatic carbocycles. The highest BCUT2D eigenvalue weighted by atomic mass is 32.2. The van der Waals surface area contributed by atoms with Gasteiger partial charge >= 0.3 is 5.97 Å². The zero-order chi connectivity index (χ0) is 21.6. The molecular weight excluding hydrogens is 394 g/mol. The molecule has 0 saturated carbocycles. The fraction of sp³-hybridized carbons (Fsp3) is 0.600. The molecule has 0 bridgehead atoms. The van der Waals surface area contributed by atoms with Crippen molar-refractivity contribution < 1.29 is 22.7 Å². The van der Waals surface area contributed by atoms with E-state index in [2.05, 4.69) is 10.0 Å². The molecule has 162 valence electrons. The van der Waals surface area contributed by atoms with Crippen LogP contribution >= 0.6 is 0 Å². The number of nitrogens with one attached hydrogen (secondary N) is 2. The number of hydrogen-bond acceptors (Lipinski definition) is 6. The van der Waals surface area contributed by atoms with Crippen molar-refractivity contribution >= 4 is 27.6 Å². The number of rotatable bonds is 8. The molecule has 1 aromatic rings. The summed E-state index contributed by atoms with van der Waals surface area (Å²) in [5.74, 6) is -0.433. The van der Waals surface area contributed by atoms with Crippen LogP contribution in [-0.2, 0) is 24.3 Å². The van der Waals surface area contributed by atoms with Gasteiger partial charge in [0.2, 0.25) is 15.9 Å². The van der Waals surface area contributed by atoms with Crippen molar-refractivity contribution in [3.8, 4) is 0 Å². The van der Waals surface area contributed by atoms with E-state index in [-0.39, 0.29) is 34.8 Å². The number of carbonyl (C=O) groups excluding carboxylic acids is 2. The molecule has 8 nitrogen and oxygen atoms in total. The van der Waals surface area contributed by atoms with Crippen molar-refractivity contribution in [3.05, 3.63) is 24.3 Å². The van der Waals surface area contributed by atoms with E-state index in [1.165, 1.54) is 12.1 Å². The van der Waals surface area contributed by atoms with Gasteiger partial charge in [-0.2, -0.15) is 0 Å². The Hall–Kier alpha value is -1.97. The van der Waals surface area contributed by atoms with Gasteiger partial charge in [0.15, 0.2) is 0 Å². The maximum atomic E-state index is 12.6. The fourth-order valence-corrected chi connectivity index (χ4v) is 4.54. The lowest BCUT2D eigenvalue weighted by molar-refractivity contribution is -0.149. The van der Waals surface area contributed by atoms with Crippen LogP contribution in [0.25, 0.3) is 0 Å². The van der Waals surface area contributed by atoms with Crippen molar-refractivity contribution in [2.75, 3.05) is 25.0 Å². The summed E-state index contributed by atoms with van der Waals surface area (Å²) < 4.78 is 31.9. The number of piperidine rings is 1. The zero-order valence-corrected chi connectivity index (χ0v) is 18.3. The lowest BCUT2D eigenvalue weighted by Crippen LogP contribution is -2.47. The van der Waals surface area contributed by atoms with E-state index in [0.717, 1.165) is 0 Å². The number of nitrogens with zero attached hydrogens (tertiary/aromatic N) is 1. The predicted molar refractivity (Wildman–Crippen MR) is 111 cm³/mol. The number of benzene rings is 1. The summed E-state index contributed by atoms with van der Waals surface area (Å²) in [6, 6.07) is 5.53. The Labute approximate surface area is 173 Å². The van der Waals surface area contributed by atoms with Crippen LogP contribution in [0.4, 0.5) is 5.69 Å². The van der Waals surface area contributed by atoms with Crippen molar-refractivity contribution in [3.63, 3.8) is 0 Å². The third-order valence-corrected chi connectivity index (χ3v) is 6.57. The van der Waals surface area contributed by atoms with Gasteiger partial charge in [-0.25, -0.2) is 13.1 Å². The summed E-state index contributed by atoms with van der Waals surface area (Å²) in [6.45, 7) is 8.80. The van der Waals surface area contributed by atoms with Gasteiger partial charge in [0, 0.05) is 11.7 Å². The van der Waals surface area contributed by atoms with Gasteiger partial charge in [-0.3, -0.25) is 14.5 Å². The van der Waals surface area contributed by atoms with Crippen LogP contribution in [0.15, 0.2) is 29.2 Å². The van der Waals surface area contributed by atoms with E-state index in [4.69, 9.17) is 4.74 Å². The van der Waals surface area contributed by atoms with Crippen LogP contribution in [0.2, 0.25) is 0 Å². The molecular formula is C20H31N3O5S. The van der Waals surface area contributed by atoms with E-state index in [9.17, 15) is 18.0 Å². The zero-order valence-electron chi connectivity index (χ0n) is 17.5. The minimum absolute atomic E-state index is 0.101. The minimum atomic E-state index is -3.56. The maximum absolute atomic E-state index is 12.6. The standard InChI is InChI=1S/C20H31N3O5S/c1-5-28-20(25)16-10-12-23(13-11-16)15(4)19(24)21-17-6-8-18(9-7-17)29(26,27)22-14(2)3/h6-9,14-16,22H,5,10-13H2,1-4H3,(H,21,24)/t15-/m1/s1. The Morgan fingerprint density at radius 2 is 1.72 bits per heavy atom. The first-order chi connectivity index (χ1) is 13.6. The molecule has 1 fully saturated rings. The van der Waals surface area contributed by atoms with Gasteiger partial charge < -0.3 is 10.1 Å². The minimum Gasteiger partial charge on any atom is -0.466 e. The summed E-state index contributed by atoms with van der Waals surface area (Å²) in [7, 11) is -3.56. The molecule has 0 radical (unpaired) electrons. The van der Waals surface area contributed by atoms with Gasteiger partial charge in [0.1, 0.15) is 0 Å². The molecule has 1 atom stereocenters. The third kappa shape index (κ3) is 6.52. The van der Waals surface area contributed by atoms with Crippen LogP contribution < -0.4 is 10.0 Å². The largest absolute Gasteiger partial charge is 0.466 e. The quantitative estimate of drug-likeness (QED) is 0.617. The van der Waals surface area contributed by atoms with Crippen LogP contribution in [0, 0.1) is 5.92 Å². The predicted octanol–water partition coefficient (Wildman–Crippen LogP) is 1.98. The second kappa shape index (κ2) is 10.2. The second-order valence-corrected chi connectivity index (χ2v) is 9.24. The van der Waals surface area contributed by atoms with Crippen molar-refractivity contribution in [1.82, 2.24) is 9.62 Å². The topological polar surface area (TPSA) is 105 Å². The van der Waals surface area contributed by atoms with E-state index >= 15 is 0 Å². The number of hydrogen-bond donors (Lipinski definition) is 2. The normalized spacial score (nSPS) is 17.1. The van der Waals surface area contributed by atoms with Crippen molar-refractivity contribution in [1.29, 1.82) is 0 Å². The first kappa shape index (κ1) is 23.3. The van der Waals surface area contributed by atoms with Crippen molar-refractivity contribution in [2.45, 2.75) is 57.5 Å². The molecule has 9 heteroatoms. The van der Waals surface area contributed by atoms with Gasteiger partial charge in [0.25, 0.3) is 0 Å². The number of ether oxygens (including phenoxy) is 1. The summed E-state index contributed by atoms with van der Waals surface area (Å²) in [5.41, 5.74) is 0.534. The molecule has 29 heavy (non-hydrogen) atoms. The molecule has 0 unspecified atom stereocenters. The Balaban J connectivity index is 1.91. The van der Waals surface area contributed by atoms with Crippen molar-refractivity contribution in [2.24, 2.45) is 5.92 Å². The molecule has 1 saturated heterocycles. The van der Waals surface area contributed by atoms with Gasteiger partial charge in [0.05, 0.1) is 23.5 Å². The summed E-state index contributed by atoms with van der Waals surface area (Å²) in [6.07, 6.45) is 1.34. The number of likely N-dealkylation sites (tertiary alicyclic amines) is 1. The Bertz CT molecular complexity index is 800. The molecule has 2 N–H and O–H groups in total. The van der Waals surface area contributed by atoms with E-state index in [1.807, 2.05) is 11.8 Å². The molecule has 1 aliphatic heterocycles. The third-order valence-electron chi connectivity index (χ3n) is 4.90. The average Bonchev–Trinajstić information content (AvgIpc) is 2.67. The Morgan fingerprint density at radius 3 is 2.24 bits per heavy atom. The molecule has 1 amide bonds. The van der Waals surface area contributed by atoms with Crippen LogP contribution in [0.5, 0.6) is 0 Å². The van der Waals surface area contributed by atoms with Crippen LogP contribution in [-0.4, -0.2) is 57.0 Å². The molecule has 0 spiro atoms. The molecule has 1 aliphatic rings. The molecule has 2 rings (SSSR count). The highest BCUT2D eigenvalue weighted by molar-refractivity contribution is 7.89. The number of anilines is 1. The first-order valence-corrected chi connectivity index (χ1v) is 11.5. The second-order valence-electron chi connectivity index (χ2n) is 7.53. The highest BCUT2D eigenvalue weighted by Crippen LogP contribution is 2.21. The average molecular weight is 426 g/mol. The van der Waals surface area contributed by atoms with E-state index < -0.39 is 10.0 Å². The van der Waals surface area contributed by atoms with Crippen LogP contribution in [0.1, 0.15) is 40.5 Å². The molecule has 1 heterocycles. The number of sulfonamides is 1.